The van der Waals surface area contributed by atoms with Crippen LogP contribution in [0.5, 0.6) is 5.75 Å². The van der Waals surface area contributed by atoms with Gasteiger partial charge in [-0.2, -0.15) is 0 Å². The van der Waals surface area contributed by atoms with E-state index in [9.17, 15) is 4.79 Å². The minimum absolute atomic E-state index is 0.0780. The lowest BCUT2D eigenvalue weighted by Crippen LogP contribution is -2.08. The highest BCUT2D eigenvalue weighted by Crippen LogP contribution is 2.26. The summed E-state index contributed by atoms with van der Waals surface area (Å²) in [4.78, 5) is 12.2. The zero-order valence-electron chi connectivity index (χ0n) is 13.9. The van der Waals surface area contributed by atoms with Crippen LogP contribution in [0.15, 0.2) is 54.6 Å². The van der Waals surface area contributed by atoms with Crippen LogP contribution in [0.3, 0.4) is 0 Å². The number of nitrogens with zero attached hydrogens (tertiary/aromatic N) is 3. The number of ketones is 1. The van der Waals surface area contributed by atoms with Crippen molar-refractivity contribution in [2.24, 2.45) is 0 Å². The Kier molecular flexibility index (Phi) is 4.29. The van der Waals surface area contributed by atoms with Crippen LogP contribution in [0.4, 0.5) is 0 Å². The molecule has 1 aromatic heterocycles. The lowest BCUT2D eigenvalue weighted by atomic mass is 10.1. The predicted octanol–water partition coefficient (Wildman–Crippen LogP) is 3.89. The molecule has 0 N–H and O–H groups in total. The number of carbonyl (C=O) groups is 1. The largest absolute Gasteiger partial charge is 0.489 e. The molecule has 0 bridgehead atoms. The van der Waals surface area contributed by atoms with Gasteiger partial charge in [0.25, 0.3) is 0 Å². The third-order valence-corrected chi connectivity index (χ3v) is 4.43. The number of aromatic nitrogens is 3. The van der Waals surface area contributed by atoms with E-state index in [4.69, 9.17) is 4.74 Å². The molecule has 126 valence electrons. The van der Waals surface area contributed by atoms with Crippen molar-refractivity contribution in [3.05, 3.63) is 66.0 Å². The molecule has 4 rings (SSSR count). The second-order valence-electron chi connectivity index (χ2n) is 6.14. The van der Waals surface area contributed by atoms with Crippen LogP contribution in [0.1, 0.15) is 35.4 Å². The average Bonchev–Trinajstić information content (AvgIpc) is 2.99. The molecule has 5 nitrogen and oxygen atoms in total. The van der Waals surface area contributed by atoms with Gasteiger partial charge >= 0.3 is 0 Å². The fourth-order valence-corrected chi connectivity index (χ4v) is 3.13. The molecule has 0 unspecified atom stereocenters. The van der Waals surface area contributed by atoms with E-state index in [1.54, 1.807) is 0 Å². The maximum atomic E-state index is 12.2. The monoisotopic (exact) mass is 333 g/mol. The number of Topliss-reactive ketones (excluding diaryl/α,β-unsaturated/α-hetero) is 1. The minimum Gasteiger partial charge on any atom is -0.489 e. The van der Waals surface area contributed by atoms with Crippen molar-refractivity contribution in [3.8, 4) is 17.1 Å². The van der Waals surface area contributed by atoms with Crippen LogP contribution in [-0.4, -0.2) is 20.5 Å². The summed E-state index contributed by atoms with van der Waals surface area (Å²) in [6.45, 7) is 1.22. The lowest BCUT2D eigenvalue weighted by Gasteiger charge is -2.12. The zero-order valence-corrected chi connectivity index (χ0v) is 13.9. The van der Waals surface area contributed by atoms with Crippen molar-refractivity contribution in [3.63, 3.8) is 0 Å². The summed E-state index contributed by atoms with van der Waals surface area (Å²) in [6, 6.07) is 17.7. The first-order chi connectivity index (χ1) is 12.3. The second kappa shape index (κ2) is 6.89. The molecule has 3 aromatic rings. The maximum absolute atomic E-state index is 12.2. The van der Waals surface area contributed by atoms with Crippen molar-refractivity contribution < 1.29 is 9.53 Å². The number of carbonyl (C=O) groups excluding carboxylic acids is 1. The Morgan fingerprint density at radius 2 is 1.68 bits per heavy atom. The van der Waals surface area contributed by atoms with Gasteiger partial charge < -0.3 is 9.30 Å². The molecule has 0 saturated heterocycles. The van der Waals surface area contributed by atoms with Crippen molar-refractivity contribution in [1.29, 1.82) is 0 Å². The van der Waals surface area contributed by atoms with Crippen molar-refractivity contribution in [2.45, 2.75) is 32.4 Å². The van der Waals surface area contributed by atoms with E-state index in [1.165, 1.54) is 0 Å². The summed E-state index contributed by atoms with van der Waals surface area (Å²) < 4.78 is 7.85. The van der Waals surface area contributed by atoms with Gasteiger partial charge in [-0.05, 0) is 25.0 Å². The van der Waals surface area contributed by atoms with Gasteiger partial charge in [-0.1, -0.05) is 42.5 Å². The van der Waals surface area contributed by atoms with Crippen LogP contribution in [-0.2, 0) is 13.2 Å². The van der Waals surface area contributed by atoms with E-state index < -0.39 is 0 Å². The van der Waals surface area contributed by atoms with Crippen molar-refractivity contribution >= 4 is 5.78 Å². The normalized spacial score (nSPS) is 14.0. The molecule has 1 aliphatic rings. The SMILES string of the molecule is O=C1CCCCn2c1nnc2-c1ccccc1COc1ccccc1. The fraction of sp³-hybridized carbons (Fsp3) is 0.250. The Bertz CT molecular complexity index is 887. The Balaban J connectivity index is 1.67. The quantitative estimate of drug-likeness (QED) is 0.727. The number of rotatable bonds is 4. The van der Waals surface area contributed by atoms with E-state index in [0.717, 1.165) is 42.1 Å². The highest BCUT2D eigenvalue weighted by atomic mass is 16.5. The van der Waals surface area contributed by atoms with Gasteiger partial charge in [0.2, 0.25) is 0 Å². The highest BCUT2D eigenvalue weighted by Gasteiger charge is 2.23. The standard InChI is InChI=1S/C20H19N3O2/c24-18-12-6-7-13-23-19(21-22-20(18)23)17-11-5-4-8-15(17)14-25-16-9-2-1-3-10-16/h1-5,8-11H,6-7,12-14H2. The molecule has 25 heavy (non-hydrogen) atoms. The van der Waals surface area contributed by atoms with E-state index in [-0.39, 0.29) is 5.78 Å². The smallest absolute Gasteiger partial charge is 0.200 e. The molecule has 0 fully saturated rings. The molecule has 0 saturated carbocycles. The van der Waals surface area contributed by atoms with Gasteiger partial charge in [0.15, 0.2) is 17.4 Å². The summed E-state index contributed by atoms with van der Waals surface area (Å²) >= 11 is 0. The van der Waals surface area contributed by atoms with Gasteiger partial charge in [0, 0.05) is 24.1 Å². The van der Waals surface area contributed by atoms with Gasteiger partial charge in [0.05, 0.1) is 0 Å². The topological polar surface area (TPSA) is 57.0 Å². The first-order valence-electron chi connectivity index (χ1n) is 8.55. The number of ether oxygens (including phenoxy) is 1. The Hall–Kier alpha value is -2.95. The summed E-state index contributed by atoms with van der Waals surface area (Å²) in [7, 11) is 0. The summed E-state index contributed by atoms with van der Waals surface area (Å²) in [5.41, 5.74) is 1.99. The van der Waals surface area contributed by atoms with Gasteiger partial charge in [-0.25, -0.2) is 0 Å². The lowest BCUT2D eigenvalue weighted by molar-refractivity contribution is 0.0972. The Morgan fingerprint density at radius 3 is 2.56 bits per heavy atom. The zero-order chi connectivity index (χ0) is 17.1. The summed E-state index contributed by atoms with van der Waals surface area (Å²) in [5.74, 6) is 2.13. The summed E-state index contributed by atoms with van der Waals surface area (Å²) in [6.07, 6.45) is 2.42. The molecule has 0 spiro atoms. The second-order valence-corrected chi connectivity index (χ2v) is 6.14. The third kappa shape index (κ3) is 3.18. The maximum Gasteiger partial charge on any atom is 0.200 e. The van der Waals surface area contributed by atoms with Crippen LogP contribution in [0.25, 0.3) is 11.4 Å². The van der Waals surface area contributed by atoms with Crippen molar-refractivity contribution in [1.82, 2.24) is 14.8 Å². The number of hydrogen-bond donors (Lipinski definition) is 0. The molecule has 5 heteroatoms. The van der Waals surface area contributed by atoms with Crippen LogP contribution < -0.4 is 4.74 Å². The van der Waals surface area contributed by atoms with Crippen LogP contribution >= 0.6 is 0 Å². The minimum atomic E-state index is 0.0780. The van der Waals surface area contributed by atoms with Crippen molar-refractivity contribution in [2.75, 3.05) is 0 Å². The molecule has 0 atom stereocenters. The average molecular weight is 333 g/mol. The molecule has 2 aromatic carbocycles. The van der Waals surface area contributed by atoms with E-state index in [0.29, 0.717) is 18.9 Å². The molecular formula is C20H19N3O2. The van der Waals surface area contributed by atoms with E-state index >= 15 is 0 Å². The Labute approximate surface area is 146 Å². The highest BCUT2D eigenvalue weighted by molar-refractivity contribution is 5.93. The Morgan fingerprint density at radius 1 is 0.920 bits per heavy atom. The van der Waals surface area contributed by atoms with Gasteiger partial charge in [0.1, 0.15) is 12.4 Å². The molecule has 0 amide bonds. The molecule has 2 heterocycles. The number of fused-ring (bicyclic) bond motifs is 1. The van der Waals surface area contributed by atoms with Crippen LogP contribution in [0, 0.1) is 0 Å². The molecule has 1 aliphatic heterocycles. The third-order valence-electron chi connectivity index (χ3n) is 4.43. The predicted molar refractivity (Wildman–Crippen MR) is 94.4 cm³/mol. The first-order valence-corrected chi connectivity index (χ1v) is 8.55. The number of para-hydroxylation sites is 1. The van der Waals surface area contributed by atoms with Gasteiger partial charge in [-0.3, -0.25) is 4.79 Å². The van der Waals surface area contributed by atoms with Gasteiger partial charge in [-0.15, -0.1) is 10.2 Å². The van der Waals surface area contributed by atoms with Crippen LogP contribution in [0.2, 0.25) is 0 Å². The van der Waals surface area contributed by atoms with E-state index in [2.05, 4.69) is 10.2 Å². The number of benzene rings is 2. The molecule has 0 aliphatic carbocycles. The van der Waals surface area contributed by atoms with E-state index in [1.807, 2.05) is 59.2 Å². The first kappa shape index (κ1) is 15.6. The number of hydrogen-bond acceptors (Lipinski definition) is 4. The fourth-order valence-electron chi connectivity index (χ4n) is 3.13. The molecule has 0 radical (unpaired) electrons. The summed E-state index contributed by atoms with van der Waals surface area (Å²) in [5, 5.41) is 8.47. The molecular weight excluding hydrogens is 314 g/mol.